The van der Waals surface area contributed by atoms with Crippen LogP contribution in [0.15, 0.2) is 18.2 Å². The molecule has 0 aliphatic rings. The first-order valence-electron chi connectivity index (χ1n) is 5.06. The van der Waals surface area contributed by atoms with Gasteiger partial charge in [0.15, 0.2) is 0 Å². The van der Waals surface area contributed by atoms with Gasteiger partial charge in [-0.1, -0.05) is 29.8 Å². The molecule has 1 nitrogen and oxygen atoms in total. The maximum atomic E-state index is 6.25. The highest BCUT2D eigenvalue weighted by atomic mass is 35.5. The second-order valence-electron chi connectivity index (χ2n) is 3.56. The molecule has 0 aromatic heterocycles. The zero-order valence-corrected chi connectivity index (χ0v) is 9.93. The average Bonchev–Trinajstić information content (AvgIpc) is 2.25. The summed E-state index contributed by atoms with van der Waals surface area (Å²) in [6.07, 6.45) is 6.94. The topological polar surface area (TPSA) is 12.0 Å². The zero-order valence-electron chi connectivity index (χ0n) is 9.18. The fourth-order valence-corrected chi connectivity index (χ4v) is 1.88. The minimum absolute atomic E-state index is 0.244. The van der Waals surface area contributed by atoms with E-state index >= 15 is 0 Å². The van der Waals surface area contributed by atoms with E-state index in [1.165, 1.54) is 0 Å². The van der Waals surface area contributed by atoms with E-state index in [0.717, 1.165) is 29.0 Å². The molecule has 0 aliphatic heterocycles. The highest BCUT2D eigenvalue weighted by Crippen LogP contribution is 2.28. The van der Waals surface area contributed by atoms with Crippen LogP contribution >= 0.6 is 11.6 Å². The lowest BCUT2D eigenvalue weighted by Gasteiger charge is -2.17. The lowest BCUT2D eigenvalue weighted by molar-refractivity contribution is 0.558. The van der Waals surface area contributed by atoms with Gasteiger partial charge in [-0.2, -0.15) is 0 Å². The number of benzene rings is 1. The molecule has 0 saturated heterocycles. The Labute approximate surface area is 96.8 Å². The molecule has 0 spiro atoms. The second kappa shape index (κ2) is 5.80. The maximum Gasteiger partial charge on any atom is 0.0482 e. The van der Waals surface area contributed by atoms with Crippen LogP contribution in [0, 0.1) is 19.3 Å². The Kier molecular flexibility index (Phi) is 4.68. The van der Waals surface area contributed by atoms with Gasteiger partial charge >= 0.3 is 0 Å². The van der Waals surface area contributed by atoms with Crippen molar-refractivity contribution in [3.63, 3.8) is 0 Å². The molecule has 1 aromatic carbocycles. The summed E-state index contributed by atoms with van der Waals surface area (Å²) in [5, 5.41) is 4.08. The number of terminal acetylenes is 1. The van der Waals surface area contributed by atoms with Crippen molar-refractivity contribution in [3.05, 3.63) is 34.3 Å². The molecule has 0 bridgehead atoms. The summed E-state index contributed by atoms with van der Waals surface area (Å²) < 4.78 is 0. The van der Waals surface area contributed by atoms with Crippen molar-refractivity contribution in [1.82, 2.24) is 5.32 Å². The standard InChI is InChI=1S/C13H16ClN/c1-4-5-9-12(15-3)11-8-6-7-10(2)13(11)14/h1,6-8,12,15H,5,9H2,2-3H3. The van der Waals surface area contributed by atoms with E-state index in [9.17, 15) is 0 Å². The van der Waals surface area contributed by atoms with E-state index in [2.05, 4.69) is 11.2 Å². The molecule has 0 radical (unpaired) electrons. The first kappa shape index (κ1) is 12.1. The van der Waals surface area contributed by atoms with Crippen LogP contribution in [0.4, 0.5) is 0 Å². The van der Waals surface area contributed by atoms with E-state index in [-0.39, 0.29) is 6.04 Å². The quantitative estimate of drug-likeness (QED) is 0.770. The van der Waals surface area contributed by atoms with Crippen molar-refractivity contribution in [2.45, 2.75) is 25.8 Å². The van der Waals surface area contributed by atoms with Gasteiger partial charge in [0.2, 0.25) is 0 Å². The third kappa shape index (κ3) is 2.99. The fourth-order valence-electron chi connectivity index (χ4n) is 1.62. The van der Waals surface area contributed by atoms with Crippen molar-refractivity contribution >= 4 is 11.6 Å². The number of rotatable bonds is 4. The number of hydrogen-bond donors (Lipinski definition) is 1. The Morgan fingerprint density at radius 3 is 2.87 bits per heavy atom. The van der Waals surface area contributed by atoms with E-state index in [1.54, 1.807) is 0 Å². The van der Waals surface area contributed by atoms with E-state index in [1.807, 2.05) is 32.2 Å². The maximum absolute atomic E-state index is 6.25. The highest BCUT2D eigenvalue weighted by Gasteiger charge is 2.12. The number of hydrogen-bond acceptors (Lipinski definition) is 1. The summed E-state index contributed by atoms with van der Waals surface area (Å²) in [6, 6.07) is 6.33. The minimum atomic E-state index is 0.244. The van der Waals surface area contributed by atoms with Crippen LogP contribution in [-0.2, 0) is 0 Å². The normalized spacial score (nSPS) is 12.1. The Morgan fingerprint density at radius 1 is 1.53 bits per heavy atom. The molecule has 15 heavy (non-hydrogen) atoms. The molecular formula is C13H16ClN. The van der Waals surface area contributed by atoms with Gasteiger partial charge < -0.3 is 5.32 Å². The first-order valence-corrected chi connectivity index (χ1v) is 5.44. The molecule has 0 aliphatic carbocycles. The van der Waals surface area contributed by atoms with Crippen LogP contribution in [-0.4, -0.2) is 7.05 Å². The van der Waals surface area contributed by atoms with Gasteiger partial charge in [-0.15, -0.1) is 12.3 Å². The van der Waals surface area contributed by atoms with Crippen LogP contribution < -0.4 is 5.32 Å². The molecular weight excluding hydrogens is 206 g/mol. The fraction of sp³-hybridized carbons (Fsp3) is 0.385. The summed E-state index contributed by atoms with van der Waals surface area (Å²) in [5.41, 5.74) is 2.24. The summed E-state index contributed by atoms with van der Waals surface area (Å²) >= 11 is 6.25. The number of aryl methyl sites for hydroxylation is 1. The van der Waals surface area contributed by atoms with Crippen LogP contribution in [0.25, 0.3) is 0 Å². The van der Waals surface area contributed by atoms with Gasteiger partial charge in [0.25, 0.3) is 0 Å². The number of nitrogens with one attached hydrogen (secondary N) is 1. The van der Waals surface area contributed by atoms with Crippen LogP contribution in [0.2, 0.25) is 5.02 Å². The molecule has 1 rings (SSSR count). The third-order valence-corrected chi connectivity index (χ3v) is 3.04. The second-order valence-corrected chi connectivity index (χ2v) is 3.94. The lowest BCUT2D eigenvalue weighted by Crippen LogP contribution is -2.16. The summed E-state index contributed by atoms with van der Waals surface area (Å²) in [4.78, 5) is 0. The van der Waals surface area contributed by atoms with E-state index < -0.39 is 0 Å². The van der Waals surface area contributed by atoms with Gasteiger partial charge in [0, 0.05) is 17.5 Å². The molecule has 1 unspecified atom stereocenters. The Morgan fingerprint density at radius 2 is 2.27 bits per heavy atom. The van der Waals surface area contributed by atoms with Crippen molar-refractivity contribution in [2.75, 3.05) is 7.05 Å². The minimum Gasteiger partial charge on any atom is -0.313 e. The molecule has 80 valence electrons. The van der Waals surface area contributed by atoms with E-state index in [4.69, 9.17) is 18.0 Å². The summed E-state index contributed by atoms with van der Waals surface area (Å²) in [7, 11) is 1.93. The summed E-state index contributed by atoms with van der Waals surface area (Å²) in [6.45, 7) is 2.01. The molecule has 1 N–H and O–H groups in total. The SMILES string of the molecule is C#CCCC(NC)c1cccc(C)c1Cl. The monoisotopic (exact) mass is 221 g/mol. The van der Waals surface area contributed by atoms with Crippen molar-refractivity contribution in [3.8, 4) is 12.3 Å². The Balaban J connectivity index is 2.92. The van der Waals surface area contributed by atoms with Gasteiger partial charge in [0.05, 0.1) is 0 Å². The van der Waals surface area contributed by atoms with Crippen molar-refractivity contribution in [1.29, 1.82) is 0 Å². The largest absolute Gasteiger partial charge is 0.313 e. The van der Waals surface area contributed by atoms with E-state index in [0.29, 0.717) is 0 Å². The molecule has 0 saturated carbocycles. The summed E-state index contributed by atoms with van der Waals surface area (Å²) in [5.74, 6) is 2.65. The smallest absolute Gasteiger partial charge is 0.0482 e. The lowest BCUT2D eigenvalue weighted by atomic mass is 10.0. The van der Waals surface area contributed by atoms with Gasteiger partial charge in [-0.25, -0.2) is 0 Å². The van der Waals surface area contributed by atoms with Crippen LogP contribution in [0.3, 0.4) is 0 Å². The van der Waals surface area contributed by atoms with Crippen LogP contribution in [0.5, 0.6) is 0 Å². The highest BCUT2D eigenvalue weighted by molar-refractivity contribution is 6.32. The van der Waals surface area contributed by atoms with Crippen molar-refractivity contribution < 1.29 is 0 Å². The third-order valence-electron chi connectivity index (χ3n) is 2.52. The average molecular weight is 222 g/mol. The predicted octanol–water partition coefficient (Wildman–Crippen LogP) is 3.32. The molecule has 2 heteroatoms. The molecule has 1 atom stereocenters. The Bertz CT molecular complexity index is 365. The van der Waals surface area contributed by atoms with Crippen molar-refractivity contribution in [2.24, 2.45) is 0 Å². The Hall–Kier alpha value is -0.970. The molecule has 0 amide bonds. The molecule has 0 heterocycles. The zero-order chi connectivity index (χ0) is 11.3. The van der Waals surface area contributed by atoms with Crippen LogP contribution in [0.1, 0.15) is 30.0 Å². The number of halogens is 1. The van der Waals surface area contributed by atoms with Gasteiger partial charge in [0.1, 0.15) is 0 Å². The predicted molar refractivity (Wildman–Crippen MR) is 66.1 cm³/mol. The first-order chi connectivity index (χ1) is 7.20. The molecule has 1 aromatic rings. The molecule has 0 fully saturated rings. The van der Waals surface area contributed by atoms with Gasteiger partial charge in [-0.3, -0.25) is 0 Å². The van der Waals surface area contributed by atoms with Gasteiger partial charge in [-0.05, 0) is 31.5 Å².